The molecule has 1 atom stereocenters. The number of benzene rings is 2. The van der Waals surface area contributed by atoms with Gasteiger partial charge in [-0.2, -0.15) is 0 Å². The van der Waals surface area contributed by atoms with Gasteiger partial charge in [-0.3, -0.25) is 19.7 Å². The van der Waals surface area contributed by atoms with Gasteiger partial charge in [0.2, 0.25) is 0 Å². The number of amides is 2. The molecule has 1 N–H and O–H groups in total. The van der Waals surface area contributed by atoms with Crippen molar-refractivity contribution in [3.8, 4) is 11.5 Å². The number of carbonyl (C=O) groups excluding carboxylic acids is 2. The molecule has 2 amide bonds. The zero-order valence-corrected chi connectivity index (χ0v) is 14.5. The van der Waals surface area contributed by atoms with Crippen molar-refractivity contribution in [3.05, 3.63) is 58.6 Å². The number of ether oxygens (including phenoxy) is 2. The summed E-state index contributed by atoms with van der Waals surface area (Å²) >= 11 is 0. The molecule has 3 rings (SSSR count). The first-order valence-corrected chi connectivity index (χ1v) is 8.14. The lowest BCUT2D eigenvalue weighted by Crippen LogP contribution is -2.51. The molecule has 2 aromatic rings. The molecule has 1 aliphatic heterocycles. The van der Waals surface area contributed by atoms with Crippen LogP contribution in [0.1, 0.15) is 0 Å². The number of fused-ring (bicyclic) bond motifs is 1. The van der Waals surface area contributed by atoms with Gasteiger partial charge in [0, 0.05) is 19.2 Å². The minimum Gasteiger partial charge on any atom is -0.484 e. The molecule has 0 bridgehead atoms. The fraction of sp³-hybridized carbons (Fsp3) is 0.222. The van der Waals surface area contributed by atoms with Crippen molar-refractivity contribution in [2.45, 2.75) is 6.10 Å². The maximum atomic E-state index is 12.7. The number of nitrogens with zero attached hydrogens (tertiary/aromatic N) is 2. The van der Waals surface area contributed by atoms with Crippen LogP contribution in [0.4, 0.5) is 11.4 Å². The molecule has 0 unspecified atom stereocenters. The lowest BCUT2D eigenvalue weighted by atomic mass is 10.1. The Kier molecular flexibility index (Phi) is 5.20. The molecule has 2 aromatic carbocycles. The lowest BCUT2D eigenvalue weighted by Gasteiger charge is -2.33. The first-order valence-electron chi connectivity index (χ1n) is 8.14. The van der Waals surface area contributed by atoms with Crippen LogP contribution in [0.25, 0.3) is 0 Å². The van der Waals surface area contributed by atoms with E-state index in [1.807, 2.05) is 0 Å². The summed E-state index contributed by atoms with van der Waals surface area (Å²) in [7, 11) is 1.50. The van der Waals surface area contributed by atoms with E-state index in [0.717, 1.165) is 0 Å². The summed E-state index contributed by atoms with van der Waals surface area (Å²) in [6, 6.07) is 12.4. The zero-order chi connectivity index (χ0) is 19.4. The smallest absolute Gasteiger partial charge is 0.269 e. The first kappa shape index (κ1) is 18.2. The SMILES string of the molecule is CNC(=O)[C@@H]1CN(C(=O)COc2ccc([N+](=O)[O-])cc2)c2ccccc2O1. The van der Waals surface area contributed by atoms with Crippen LogP contribution in [-0.4, -0.2) is 43.0 Å². The molecule has 9 heteroatoms. The molecule has 0 aliphatic carbocycles. The molecule has 0 spiro atoms. The number of nitro groups is 1. The van der Waals surface area contributed by atoms with Crippen LogP contribution in [-0.2, 0) is 9.59 Å². The summed E-state index contributed by atoms with van der Waals surface area (Å²) in [5, 5.41) is 13.2. The minimum absolute atomic E-state index is 0.0547. The van der Waals surface area contributed by atoms with Crippen LogP contribution in [0.15, 0.2) is 48.5 Å². The van der Waals surface area contributed by atoms with Gasteiger partial charge < -0.3 is 19.7 Å². The number of nitro benzene ring substituents is 1. The Hall–Kier alpha value is -3.62. The minimum atomic E-state index is -0.826. The van der Waals surface area contributed by atoms with E-state index in [2.05, 4.69) is 5.32 Å². The molecule has 1 heterocycles. The quantitative estimate of drug-likeness (QED) is 0.630. The van der Waals surface area contributed by atoms with Crippen molar-refractivity contribution in [2.24, 2.45) is 0 Å². The van der Waals surface area contributed by atoms with E-state index in [9.17, 15) is 19.7 Å². The molecule has 0 radical (unpaired) electrons. The molecule has 9 nitrogen and oxygen atoms in total. The van der Waals surface area contributed by atoms with Crippen molar-refractivity contribution in [1.29, 1.82) is 0 Å². The van der Waals surface area contributed by atoms with Crippen LogP contribution in [0.2, 0.25) is 0 Å². The van der Waals surface area contributed by atoms with Gasteiger partial charge in [0.05, 0.1) is 17.2 Å². The van der Waals surface area contributed by atoms with Crippen molar-refractivity contribution in [1.82, 2.24) is 5.32 Å². The monoisotopic (exact) mass is 371 g/mol. The number of non-ortho nitro benzene ring substituents is 1. The van der Waals surface area contributed by atoms with E-state index in [0.29, 0.717) is 17.2 Å². The predicted molar refractivity (Wildman–Crippen MR) is 95.9 cm³/mol. The second-order valence-electron chi connectivity index (χ2n) is 5.73. The van der Waals surface area contributed by atoms with E-state index in [1.54, 1.807) is 24.3 Å². The summed E-state index contributed by atoms with van der Waals surface area (Å²) in [5.74, 6) is 0.0657. The second-order valence-corrected chi connectivity index (χ2v) is 5.73. The normalized spacial score (nSPS) is 15.3. The number of hydrogen-bond acceptors (Lipinski definition) is 6. The number of rotatable bonds is 5. The van der Waals surface area contributed by atoms with Crippen LogP contribution in [0.3, 0.4) is 0 Å². The van der Waals surface area contributed by atoms with Crippen LogP contribution >= 0.6 is 0 Å². The van der Waals surface area contributed by atoms with Crippen molar-refractivity contribution in [3.63, 3.8) is 0 Å². The van der Waals surface area contributed by atoms with Crippen LogP contribution < -0.4 is 19.7 Å². The Morgan fingerprint density at radius 1 is 1.26 bits per heavy atom. The number of anilines is 1. The maximum absolute atomic E-state index is 12.7. The molecule has 0 aromatic heterocycles. The Labute approximate surface area is 154 Å². The Morgan fingerprint density at radius 3 is 2.63 bits per heavy atom. The first-order chi connectivity index (χ1) is 13.0. The average molecular weight is 371 g/mol. The van der Waals surface area contributed by atoms with Gasteiger partial charge >= 0.3 is 0 Å². The van der Waals surface area contributed by atoms with Gasteiger partial charge in [-0.25, -0.2) is 0 Å². The molecule has 27 heavy (non-hydrogen) atoms. The average Bonchev–Trinajstić information content (AvgIpc) is 2.70. The highest BCUT2D eigenvalue weighted by molar-refractivity contribution is 5.98. The largest absolute Gasteiger partial charge is 0.484 e. The lowest BCUT2D eigenvalue weighted by molar-refractivity contribution is -0.384. The molecule has 1 aliphatic rings. The topological polar surface area (TPSA) is 111 Å². The van der Waals surface area contributed by atoms with E-state index >= 15 is 0 Å². The van der Waals surface area contributed by atoms with Crippen LogP contribution in [0.5, 0.6) is 11.5 Å². The summed E-state index contributed by atoms with van der Waals surface area (Å²) < 4.78 is 11.1. The van der Waals surface area contributed by atoms with Crippen molar-refractivity contribution in [2.75, 3.05) is 25.1 Å². The number of nitrogens with one attached hydrogen (secondary N) is 1. The number of likely N-dealkylation sites (N-methyl/N-ethyl adjacent to an activating group) is 1. The summed E-state index contributed by atoms with van der Waals surface area (Å²) in [6.45, 7) is -0.230. The number of carbonyl (C=O) groups is 2. The van der Waals surface area contributed by atoms with Gasteiger partial charge in [-0.05, 0) is 24.3 Å². The van der Waals surface area contributed by atoms with Crippen LogP contribution in [0, 0.1) is 10.1 Å². The van der Waals surface area contributed by atoms with Crippen molar-refractivity contribution < 1.29 is 24.0 Å². The summed E-state index contributed by atoms with van der Waals surface area (Å²) in [6.07, 6.45) is -0.826. The highest BCUT2D eigenvalue weighted by atomic mass is 16.6. The Balaban J connectivity index is 1.72. The molecule has 0 fully saturated rings. The molecule has 140 valence electrons. The van der Waals surface area contributed by atoms with E-state index < -0.39 is 11.0 Å². The fourth-order valence-corrected chi connectivity index (χ4v) is 2.66. The predicted octanol–water partition coefficient (Wildman–Crippen LogP) is 1.51. The summed E-state index contributed by atoms with van der Waals surface area (Å²) in [4.78, 5) is 36.2. The molecule has 0 saturated heterocycles. The van der Waals surface area contributed by atoms with Gasteiger partial charge in [-0.1, -0.05) is 12.1 Å². The Morgan fingerprint density at radius 2 is 1.96 bits per heavy atom. The fourth-order valence-electron chi connectivity index (χ4n) is 2.66. The third-order valence-electron chi connectivity index (χ3n) is 4.02. The number of hydrogen-bond donors (Lipinski definition) is 1. The second kappa shape index (κ2) is 7.73. The zero-order valence-electron chi connectivity index (χ0n) is 14.5. The van der Waals surface area contributed by atoms with Gasteiger partial charge in [0.25, 0.3) is 17.5 Å². The third kappa shape index (κ3) is 3.97. The maximum Gasteiger partial charge on any atom is 0.269 e. The van der Waals surface area contributed by atoms with E-state index in [1.165, 1.54) is 36.2 Å². The molecular weight excluding hydrogens is 354 g/mol. The van der Waals surface area contributed by atoms with Crippen molar-refractivity contribution >= 4 is 23.2 Å². The number of para-hydroxylation sites is 2. The summed E-state index contributed by atoms with van der Waals surface area (Å²) in [5.41, 5.74) is 0.485. The highest BCUT2D eigenvalue weighted by Gasteiger charge is 2.33. The third-order valence-corrected chi connectivity index (χ3v) is 4.02. The van der Waals surface area contributed by atoms with Gasteiger partial charge in [-0.15, -0.1) is 0 Å². The van der Waals surface area contributed by atoms with E-state index in [-0.39, 0.29) is 30.7 Å². The Bertz CT molecular complexity index is 868. The highest BCUT2D eigenvalue weighted by Crippen LogP contribution is 2.33. The van der Waals surface area contributed by atoms with Gasteiger partial charge in [0.1, 0.15) is 11.5 Å². The standard InChI is InChI=1S/C18H17N3O6/c1-19-18(23)16-10-20(14-4-2-3-5-15(14)27-16)17(22)11-26-13-8-6-12(7-9-13)21(24)25/h2-9,16H,10-11H2,1H3,(H,19,23)/t16-/m0/s1. The van der Waals surface area contributed by atoms with E-state index in [4.69, 9.17) is 9.47 Å². The van der Waals surface area contributed by atoms with Gasteiger partial charge in [0.15, 0.2) is 12.7 Å². The molecular formula is C18H17N3O6. The molecule has 0 saturated carbocycles.